The summed E-state index contributed by atoms with van der Waals surface area (Å²) in [4.78, 5) is 18.2. The molecule has 1 saturated carbocycles. The molecule has 5 heteroatoms. The lowest BCUT2D eigenvalue weighted by Gasteiger charge is -2.40. The molecule has 1 aliphatic carbocycles. The molecule has 1 aromatic heterocycles. The van der Waals surface area contributed by atoms with E-state index in [1.807, 2.05) is 6.07 Å². The monoisotopic (exact) mass is 247 g/mol. The number of hydrogen-bond donors (Lipinski definition) is 2. The summed E-state index contributed by atoms with van der Waals surface area (Å²) in [6, 6.07) is 2.58. The molecule has 0 atom stereocenters. The lowest BCUT2D eigenvalue weighted by Crippen LogP contribution is -2.43. The van der Waals surface area contributed by atoms with E-state index in [-0.39, 0.29) is 0 Å². The second-order valence-electron chi connectivity index (χ2n) is 5.08. The predicted molar refractivity (Wildman–Crippen MR) is 65.2 cm³/mol. The molecule has 0 unspecified atom stereocenters. The van der Waals surface area contributed by atoms with Crippen molar-refractivity contribution in [1.82, 2.24) is 15.4 Å². The number of amides is 1. The summed E-state index contributed by atoms with van der Waals surface area (Å²) in [5.74, 6) is -0.494. The molecule has 96 valence electrons. The van der Waals surface area contributed by atoms with Crippen LogP contribution in [-0.2, 0) is 13.0 Å². The highest BCUT2D eigenvalue weighted by Gasteiger charge is 2.28. The van der Waals surface area contributed by atoms with Crippen molar-refractivity contribution in [2.24, 2.45) is 0 Å². The van der Waals surface area contributed by atoms with Gasteiger partial charge in [0.25, 0.3) is 5.91 Å². The van der Waals surface area contributed by atoms with Gasteiger partial charge in [0.15, 0.2) is 0 Å². The molecule has 0 saturated heterocycles. The highest BCUT2D eigenvalue weighted by Crippen LogP contribution is 2.29. The molecule has 1 fully saturated rings. The molecule has 3 rings (SSSR count). The summed E-state index contributed by atoms with van der Waals surface area (Å²) in [5, 5.41) is 8.61. The van der Waals surface area contributed by atoms with Gasteiger partial charge in [-0.2, -0.15) is 0 Å². The van der Waals surface area contributed by atoms with Crippen LogP contribution in [-0.4, -0.2) is 33.6 Å². The van der Waals surface area contributed by atoms with E-state index in [2.05, 4.69) is 9.88 Å². The van der Waals surface area contributed by atoms with Gasteiger partial charge in [-0.1, -0.05) is 6.42 Å². The molecule has 0 aromatic carbocycles. The summed E-state index contributed by atoms with van der Waals surface area (Å²) in [5.41, 5.74) is 4.27. The first kappa shape index (κ1) is 11.6. The number of fused-ring (bicyclic) bond motifs is 1. The van der Waals surface area contributed by atoms with E-state index in [1.165, 1.54) is 25.5 Å². The topological polar surface area (TPSA) is 65.5 Å². The minimum Gasteiger partial charge on any atom is -0.294 e. The summed E-state index contributed by atoms with van der Waals surface area (Å²) >= 11 is 0. The van der Waals surface area contributed by atoms with Gasteiger partial charge in [0.1, 0.15) is 0 Å². The van der Waals surface area contributed by atoms with Crippen molar-refractivity contribution >= 4 is 5.91 Å². The van der Waals surface area contributed by atoms with Crippen molar-refractivity contribution in [2.75, 3.05) is 6.54 Å². The van der Waals surface area contributed by atoms with Gasteiger partial charge in [-0.25, -0.2) is 5.48 Å². The van der Waals surface area contributed by atoms with Gasteiger partial charge >= 0.3 is 0 Å². The molecule has 1 aliphatic heterocycles. The van der Waals surface area contributed by atoms with Crippen LogP contribution in [0.2, 0.25) is 0 Å². The third-order valence-electron chi connectivity index (χ3n) is 4.04. The Morgan fingerprint density at radius 2 is 2.33 bits per heavy atom. The maximum atomic E-state index is 11.3. The second-order valence-corrected chi connectivity index (χ2v) is 5.08. The molecule has 5 nitrogen and oxygen atoms in total. The molecule has 2 N–H and O–H groups in total. The van der Waals surface area contributed by atoms with Gasteiger partial charge in [-0.3, -0.25) is 19.9 Å². The van der Waals surface area contributed by atoms with E-state index in [9.17, 15) is 4.79 Å². The Morgan fingerprint density at radius 1 is 1.50 bits per heavy atom. The minimum atomic E-state index is -0.494. The highest BCUT2D eigenvalue weighted by molar-refractivity contribution is 5.93. The molecule has 2 aliphatic rings. The molecular weight excluding hydrogens is 230 g/mol. The molecule has 1 amide bonds. The van der Waals surface area contributed by atoms with Crippen LogP contribution in [0, 0.1) is 0 Å². The minimum absolute atomic E-state index is 0.424. The second kappa shape index (κ2) is 4.66. The van der Waals surface area contributed by atoms with E-state index >= 15 is 0 Å². The molecule has 0 spiro atoms. The van der Waals surface area contributed by atoms with Crippen molar-refractivity contribution < 1.29 is 10.0 Å². The van der Waals surface area contributed by atoms with Crippen molar-refractivity contribution in [3.63, 3.8) is 0 Å². The van der Waals surface area contributed by atoms with Crippen molar-refractivity contribution in [1.29, 1.82) is 0 Å². The van der Waals surface area contributed by atoms with Gasteiger partial charge in [0, 0.05) is 25.3 Å². The first-order valence-corrected chi connectivity index (χ1v) is 6.44. The van der Waals surface area contributed by atoms with Crippen LogP contribution >= 0.6 is 0 Å². The first-order valence-electron chi connectivity index (χ1n) is 6.44. The van der Waals surface area contributed by atoms with Gasteiger partial charge in [0.2, 0.25) is 0 Å². The summed E-state index contributed by atoms with van der Waals surface area (Å²) < 4.78 is 0. The zero-order chi connectivity index (χ0) is 12.5. The Balaban J connectivity index is 1.78. The van der Waals surface area contributed by atoms with Crippen LogP contribution < -0.4 is 5.48 Å². The number of nitrogens with one attached hydrogen (secondary N) is 1. The van der Waals surface area contributed by atoms with Crippen LogP contribution in [0.3, 0.4) is 0 Å². The zero-order valence-electron chi connectivity index (χ0n) is 10.2. The van der Waals surface area contributed by atoms with Gasteiger partial charge in [-0.15, -0.1) is 0 Å². The molecule has 0 bridgehead atoms. The fraction of sp³-hybridized carbons (Fsp3) is 0.538. The van der Waals surface area contributed by atoms with Crippen LogP contribution in [0.15, 0.2) is 12.3 Å². The number of nitrogens with zero attached hydrogens (tertiary/aromatic N) is 2. The Morgan fingerprint density at radius 3 is 3.00 bits per heavy atom. The van der Waals surface area contributed by atoms with Crippen LogP contribution in [0.5, 0.6) is 0 Å². The average Bonchev–Trinajstić information content (AvgIpc) is 2.35. The van der Waals surface area contributed by atoms with Gasteiger partial charge in [-0.05, 0) is 30.9 Å². The fourth-order valence-electron chi connectivity index (χ4n) is 2.69. The van der Waals surface area contributed by atoms with Crippen LogP contribution in [0.4, 0.5) is 0 Å². The van der Waals surface area contributed by atoms with Crippen LogP contribution in [0.1, 0.15) is 40.9 Å². The third kappa shape index (κ3) is 2.00. The fourth-order valence-corrected chi connectivity index (χ4v) is 2.69. The lowest BCUT2D eigenvalue weighted by atomic mass is 9.89. The van der Waals surface area contributed by atoms with Crippen molar-refractivity contribution in [3.05, 3.63) is 29.1 Å². The Hall–Kier alpha value is -1.46. The molecule has 0 radical (unpaired) electrons. The number of aromatic nitrogens is 1. The third-order valence-corrected chi connectivity index (χ3v) is 4.04. The molecule has 18 heavy (non-hydrogen) atoms. The van der Waals surface area contributed by atoms with Crippen LogP contribution in [0.25, 0.3) is 0 Å². The predicted octanol–water partition coefficient (Wildman–Crippen LogP) is 1.11. The normalized spacial score (nSPS) is 20.1. The van der Waals surface area contributed by atoms with Gasteiger partial charge in [0.05, 0.1) is 11.3 Å². The maximum absolute atomic E-state index is 11.3. The van der Waals surface area contributed by atoms with Crippen molar-refractivity contribution in [2.45, 2.75) is 38.3 Å². The number of hydrogen-bond acceptors (Lipinski definition) is 4. The standard InChI is InChI=1S/C13H17N3O2/c17-13(15-18)10-6-9-4-5-16(11-2-1-3-11)8-12(9)14-7-10/h6-7,11,18H,1-5,8H2,(H,15,17). The molecular formula is C13H17N3O2. The largest absolute Gasteiger partial charge is 0.294 e. The SMILES string of the molecule is O=C(NO)c1cnc2c(c1)CCN(C1CCC1)C2. The average molecular weight is 247 g/mol. The number of carbonyl (C=O) groups is 1. The Bertz CT molecular complexity index is 471. The Kier molecular flexibility index (Phi) is 3.01. The maximum Gasteiger partial charge on any atom is 0.276 e. The van der Waals surface area contributed by atoms with E-state index in [1.54, 1.807) is 5.48 Å². The number of pyridine rings is 1. The summed E-state index contributed by atoms with van der Waals surface area (Å²) in [7, 11) is 0. The smallest absolute Gasteiger partial charge is 0.276 e. The summed E-state index contributed by atoms with van der Waals surface area (Å²) in [6.45, 7) is 1.94. The zero-order valence-corrected chi connectivity index (χ0v) is 10.2. The van der Waals surface area contributed by atoms with Crippen molar-refractivity contribution in [3.8, 4) is 0 Å². The first-order chi connectivity index (χ1) is 8.78. The number of carbonyl (C=O) groups excluding carboxylic acids is 1. The van der Waals surface area contributed by atoms with E-state index < -0.39 is 5.91 Å². The molecule has 2 heterocycles. The summed E-state index contributed by atoms with van der Waals surface area (Å²) in [6.07, 6.45) is 6.43. The van der Waals surface area contributed by atoms with E-state index in [0.717, 1.165) is 36.8 Å². The van der Waals surface area contributed by atoms with Gasteiger partial charge < -0.3 is 0 Å². The lowest BCUT2D eigenvalue weighted by molar-refractivity contribution is 0.0705. The van der Waals surface area contributed by atoms with E-state index in [0.29, 0.717) is 5.56 Å². The Labute approximate surface area is 106 Å². The number of hydroxylamine groups is 1. The number of rotatable bonds is 2. The quantitative estimate of drug-likeness (QED) is 0.607. The highest BCUT2D eigenvalue weighted by atomic mass is 16.5. The molecule has 1 aromatic rings. The van der Waals surface area contributed by atoms with E-state index in [4.69, 9.17) is 5.21 Å².